The maximum absolute atomic E-state index is 12.2. The average molecular weight is 540 g/mol. The monoisotopic (exact) mass is 540 g/mol. The Morgan fingerprint density at radius 1 is 1.31 bits per heavy atom. The van der Waals surface area contributed by atoms with Crippen LogP contribution in [0, 0.1) is 0 Å². The van der Waals surface area contributed by atoms with Crippen molar-refractivity contribution in [1.29, 1.82) is 0 Å². The van der Waals surface area contributed by atoms with Gasteiger partial charge >= 0.3 is 0 Å². The molecule has 1 aromatic rings. The lowest BCUT2D eigenvalue weighted by Crippen LogP contribution is -2.44. The third-order valence-corrected chi connectivity index (χ3v) is 5.82. The molecule has 1 fully saturated rings. The third kappa shape index (κ3) is 10.5. The Balaban J connectivity index is 0.00000420. The minimum Gasteiger partial charge on any atom is -0.492 e. The first kappa shape index (κ1) is 25.9. The van der Waals surface area contributed by atoms with Gasteiger partial charge in [0.2, 0.25) is 10.0 Å². The summed E-state index contributed by atoms with van der Waals surface area (Å²) in [5.41, 5.74) is 0. The molecule has 1 heterocycles. The van der Waals surface area contributed by atoms with Crippen LogP contribution in [-0.2, 0) is 14.8 Å². The molecular formula is C19H33IN4O4S. The largest absolute Gasteiger partial charge is 0.492 e. The quantitative estimate of drug-likeness (QED) is 0.267. The second-order valence-electron chi connectivity index (χ2n) is 6.71. The van der Waals surface area contributed by atoms with Crippen LogP contribution in [0.2, 0.25) is 0 Å². The number of likely N-dealkylation sites (N-methyl/N-ethyl adjacent to an activating group) is 1. The van der Waals surface area contributed by atoms with Crippen LogP contribution in [0.5, 0.6) is 5.75 Å². The second-order valence-corrected chi connectivity index (χ2v) is 8.64. The summed E-state index contributed by atoms with van der Waals surface area (Å²) < 4.78 is 38.2. The molecule has 0 saturated carbocycles. The number of rotatable bonds is 10. The molecule has 0 radical (unpaired) electrons. The molecule has 0 aromatic heterocycles. The minimum absolute atomic E-state index is 0. The number of para-hydroxylation sites is 1. The number of ether oxygens (including phenoxy) is 2. The van der Waals surface area contributed by atoms with Crippen molar-refractivity contribution < 1.29 is 17.9 Å². The molecule has 1 aliphatic heterocycles. The number of guanidine groups is 1. The number of hydrogen-bond acceptors (Lipinski definition) is 5. The van der Waals surface area contributed by atoms with E-state index in [9.17, 15) is 8.42 Å². The molecule has 1 saturated heterocycles. The highest BCUT2D eigenvalue weighted by atomic mass is 127. The number of sulfonamides is 1. The van der Waals surface area contributed by atoms with Crippen LogP contribution in [0.3, 0.4) is 0 Å². The molecule has 0 aliphatic carbocycles. The van der Waals surface area contributed by atoms with Gasteiger partial charge in [-0.1, -0.05) is 18.2 Å². The summed E-state index contributed by atoms with van der Waals surface area (Å²) in [6, 6.07) is 9.60. The lowest BCUT2D eigenvalue weighted by Gasteiger charge is -2.23. The molecule has 166 valence electrons. The summed E-state index contributed by atoms with van der Waals surface area (Å²) >= 11 is 0. The third-order valence-electron chi connectivity index (χ3n) is 4.47. The molecule has 1 aromatic carbocycles. The van der Waals surface area contributed by atoms with Gasteiger partial charge in [-0.15, -0.1) is 24.0 Å². The van der Waals surface area contributed by atoms with Gasteiger partial charge in [-0.2, -0.15) is 0 Å². The highest BCUT2D eigenvalue weighted by Gasteiger charge is 2.18. The van der Waals surface area contributed by atoms with E-state index in [4.69, 9.17) is 9.47 Å². The van der Waals surface area contributed by atoms with Crippen LogP contribution in [0.15, 0.2) is 35.3 Å². The van der Waals surface area contributed by atoms with Crippen LogP contribution in [0.4, 0.5) is 0 Å². The minimum atomic E-state index is -3.35. The van der Waals surface area contributed by atoms with Crippen molar-refractivity contribution >= 4 is 40.0 Å². The summed E-state index contributed by atoms with van der Waals surface area (Å²) in [5, 5.41) is 3.08. The Morgan fingerprint density at radius 2 is 2.07 bits per heavy atom. The lowest BCUT2D eigenvalue weighted by atomic mass is 10.1. The normalized spacial score (nSPS) is 17.3. The van der Waals surface area contributed by atoms with Crippen LogP contribution >= 0.6 is 24.0 Å². The van der Waals surface area contributed by atoms with Gasteiger partial charge in [0.1, 0.15) is 12.4 Å². The molecule has 1 atom stereocenters. The molecule has 0 spiro atoms. The molecule has 2 N–H and O–H groups in total. The van der Waals surface area contributed by atoms with Crippen molar-refractivity contribution in [1.82, 2.24) is 14.9 Å². The molecule has 1 aliphatic rings. The summed E-state index contributed by atoms with van der Waals surface area (Å²) in [6.07, 6.45) is 3.03. The average Bonchev–Trinajstić information content (AvgIpc) is 2.71. The molecule has 2 rings (SSSR count). The van der Waals surface area contributed by atoms with E-state index in [2.05, 4.69) is 15.0 Å². The predicted molar refractivity (Wildman–Crippen MR) is 127 cm³/mol. The van der Waals surface area contributed by atoms with E-state index in [1.165, 1.54) is 0 Å². The number of hydrogen-bond donors (Lipinski definition) is 2. The van der Waals surface area contributed by atoms with Gasteiger partial charge in [0.05, 0.1) is 18.4 Å². The highest BCUT2D eigenvalue weighted by Crippen LogP contribution is 2.11. The van der Waals surface area contributed by atoms with Gasteiger partial charge in [0, 0.05) is 33.8 Å². The topological polar surface area (TPSA) is 92.3 Å². The number of aliphatic imine (C=N–C) groups is 1. The van der Waals surface area contributed by atoms with Crippen LogP contribution in [-0.4, -0.2) is 78.1 Å². The number of benzene rings is 1. The molecule has 10 heteroatoms. The number of nitrogens with one attached hydrogen (secondary N) is 2. The van der Waals surface area contributed by atoms with Crippen LogP contribution < -0.4 is 14.8 Å². The Kier molecular flexibility index (Phi) is 12.5. The van der Waals surface area contributed by atoms with Crippen molar-refractivity contribution in [2.45, 2.75) is 25.4 Å². The fourth-order valence-corrected chi connectivity index (χ4v) is 3.82. The van der Waals surface area contributed by atoms with Crippen molar-refractivity contribution in [3.8, 4) is 5.75 Å². The zero-order valence-corrected chi connectivity index (χ0v) is 20.3. The fraction of sp³-hybridized carbons (Fsp3) is 0.632. The van der Waals surface area contributed by atoms with Gasteiger partial charge in [-0.25, -0.2) is 13.1 Å². The predicted octanol–water partition coefficient (Wildman–Crippen LogP) is 1.68. The first-order chi connectivity index (χ1) is 13.5. The second kappa shape index (κ2) is 14.0. The lowest BCUT2D eigenvalue weighted by molar-refractivity contribution is 0.0200. The zero-order chi connectivity index (χ0) is 20.2. The summed E-state index contributed by atoms with van der Waals surface area (Å²) in [6.45, 7) is 2.46. The van der Waals surface area contributed by atoms with E-state index >= 15 is 0 Å². The van der Waals surface area contributed by atoms with E-state index in [0.29, 0.717) is 32.3 Å². The SMILES string of the molecule is CN=C(NCCS(=O)(=O)NCC1CCCCO1)N(C)CCOc1ccccc1.I. The van der Waals surface area contributed by atoms with Crippen molar-refractivity contribution in [3.63, 3.8) is 0 Å². The Labute approximate surface area is 191 Å². The van der Waals surface area contributed by atoms with Gasteiger partial charge in [0.25, 0.3) is 0 Å². The van der Waals surface area contributed by atoms with E-state index in [1.807, 2.05) is 42.3 Å². The molecule has 0 amide bonds. The number of halogens is 1. The Bertz CT molecular complexity index is 697. The first-order valence-corrected chi connectivity index (χ1v) is 11.3. The standard InChI is InChI=1S/C19H32N4O4S.HI/c1-20-19(23(2)12-14-27-17-8-4-3-5-9-17)21-11-15-28(24,25)22-16-18-10-6-7-13-26-18;/h3-5,8-9,18,22H,6-7,10-16H2,1-2H3,(H,20,21);1H. The van der Waals surface area contributed by atoms with Gasteiger partial charge in [0.15, 0.2) is 5.96 Å². The molecular weight excluding hydrogens is 507 g/mol. The maximum atomic E-state index is 12.2. The van der Waals surface area contributed by atoms with E-state index in [-0.39, 0.29) is 42.4 Å². The van der Waals surface area contributed by atoms with Crippen LogP contribution in [0.1, 0.15) is 19.3 Å². The van der Waals surface area contributed by atoms with E-state index in [0.717, 1.165) is 25.0 Å². The van der Waals surface area contributed by atoms with Gasteiger partial charge < -0.3 is 19.7 Å². The highest BCUT2D eigenvalue weighted by molar-refractivity contribution is 14.0. The van der Waals surface area contributed by atoms with E-state index < -0.39 is 10.0 Å². The van der Waals surface area contributed by atoms with E-state index in [1.54, 1.807) is 7.05 Å². The smallest absolute Gasteiger partial charge is 0.213 e. The summed E-state index contributed by atoms with van der Waals surface area (Å²) in [4.78, 5) is 6.09. The van der Waals surface area contributed by atoms with Crippen LogP contribution in [0.25, 0.3) is 0 Å². The fourth-order valence-electron chi connectivity index (χ4n) is 2.87. The van der Waals surface area contributed by atoms with Gasteiger partial charge in [-0.3, -0.25) is 4.99 Å². The summed E-state index contributed by atoms with van der Waals surface area (Å²) in [5.74, 6) is 1.42. The number of nitrogens with zero attached hydrogens (tertiary/aromatic N) is 2. The first-order valence-electron chi connectivity index (χ1n) is 9.69. The summed E-state index contributed by atoms with van der Waals surface area (Å²) in [7, 11) is 0.202. The zero-order valence-electron chi connectivity index (χ0n) is 17.2. The Hall–Kier alpha value is -1.11. The molecule has 8 nitrogen and oxygen atoms in total. The van der Waals surface area contributed by atoms with Crippen molar-refractivity contribution in [2.24, 2.45) is 4.99 Å². The molecule has 0 bridgehead atoms. The Morgan fingerprint density at radius 3 is 2.72 bits per heavy atom. The maximum Gasteiger partial charge on any atom is 0.213 e. The van der Waals surface area contributed by atoms with Crippen molar-refractivity contribution in [3.05, 3.63) is 30.3 Å². The van der Waals surface area contributed by atoms with Crippen molar-refractivity contribution in [2.75, 3.05) is 52.7 Å². The molecule has 29 heavy (non-hydrogen) atoms. The molecule has 1 unspecified atom stereocenters. The van der Waals surface area contributed by atoms with Gasteiger partial charge in [-0.05, 0) is 31.4 Å².